The molecular formula is C9H15N5. The molecule has 1 fully saturated rings. The molecule has 76 valence electrons. The molecule has 5 heteroatoms. The van der Waals surface area contributed by atoms with Crippen molar-refractivity contribution in [3.63, 3.8) is 0 Å². The van der Waals surface area contributed by atoms with Gasteiger partial charge in [0, 0.05) is 12.6 Å². The molecule has 0 spiro atoms. The van der Waals surface area contributed by atoms with Crippen LogP contribution in [0.1, 0.15) is 19.8 Å². The SMILES string of the molecule is CCN(c1cncc(NN)n1)C1CC1. The van der Waals surface area contributed by atoms with Gasteiger partial charge in [0.1, 0.15) is 5.82 Å². The topological polar surface area (TPSA) is 67.1 Å². The minimum absolute atomic E-state index is 0.613. The number of nitrogens with one attached hydrogen (secondary N) is 1. The molecule has 2 rings (SSSR count). The Morgan fingerprint density at radius 1 is 1.57 bits per heavy atom. The van der Waals surface area contributed by atoms with E-state index in [0.29, 0.717) is 11.9 Å². The molecule has 14 heavy (non-hydrogen) atoms. The van der Waals surface area contributed by atoms with E-state index in [4.69, 9.17) is 5.84 Å². The lowest BCUT2D eigenvalue weighted by Gasteiger charge is -2.21. The van der Waals surface area contributed by atoms with Crippen LogP contribution in [-0.2, 0) is 0 Å². The van der Waals surface area contributed by atoms with E-state index in [1.165, 1.54) is 12.8 Å². The number of aromatic nitrogens is 2. The number of hydrogen-bond donors (Lipinski definition) is 2. The molecule has 0 unspecified atom stereocenters. The van der Waals surface area contributed by atoms with Crippen LogP contribution in [-0.4, -0.2) is 22.6 Å². The van der Waals surface area contributed by atoms with Gasteiger partial charge in [0.05, 0.1) is 12.4 Å². The fourth-order valence-electron chi connectivity index (χ4n) is 1.56. The first kappa shape index (κ1) is 9.21. The Kier molecular flexibility index (Phi) is 2.49. The molecule has 0 bridgehead atoms. The Balaban J connectivity index is 2.20. The second kappa shape index (κ2) is 3.79. The monoisotopic (exact) mass is 193 g/mol. The Morgan fingerprint density at radius 2 is 2.36 bits per heavy atom. The predicted octanol–water partition coefficient (Wildman–Crippen LogP) is 0.751. The lowest BCUT2D eigenvalue weighted by Crippen LogP contribution is -2.26. The van der Waals surface area contributed by atoms with Crippen LogP contribution in [0.15, 0.2) is 12.4 Å². The number of nitrogens with two attached hydrogens (primary N) is 1. The van der Waals surface area contributed by atoms with E-state index >= 15 is 0 Å². The highest BCUT2D eigenvalue weighted by Crippen LogP contribution is 2.30. The second-order valence-corrected chi connectivity index (χ2v) is 3.42. The molecule has 0 aliphatic heterocycles. The molecule has 1 aromatic rings. The first-order valence-electron chi connectivity index (χ1n) is 4.90. The number of hydrogen-bond acceptors (Lipinski definition) is 5. The maximum Gasteiger partial charge on any atom is 0.160 e. The van der Waals surface area contributed by atoms with Gasteiger partial charge in [0.15, 0.2) is 5.82 Å². The van der Waals surface area contributed by atoms with Crippen molar-refractivity contribution in [1.82, 2.24) is 9.97 Å². The first-order chi connectivity index (χ1) is 6.85. The lowest BCUT2D eigenvalue weighted by atomic mass is 10.4. The van der Waals surface area contributed by atoms with Crippen LogP contribution in [0.25, 0.3) is 0 Å². The molecule has 1 heterocycles. The molecule has 0 aromatic carbocycles. The van der Waals surface area contributed by atoms with Gasteiger partial charge in [0.25, 0.3) is 0 Å². The van der Waals surface area contributed by atoms with Gasteiger partial charge in [0.2, 0.25) is 0 Å². The van der Waals surface area contributed by atoms with Crippen molar-refractivity contribution < 1.29 is 0 Å². The van der Waals surface area contributed by atoms with Crippen molar-refractivity contribution in [3.8, 4) is 0 Å². The summed E-state index contributed by atoms with van der Waals surface area (Å²) < 4.78 is 0. The summed E-state index contributed by atoms with van der Waals surface area (Å²) in [5.41, 5.74) is 2.51. The van der Waals surface area contributed by atoms with Gasteiger partial charge < -0.3 is 10.3 Å². The van der Waals surface area contributed by atoms with Gasteiger partial charge in [-0.2, -0.15) is 0 Å². The second-order valence-electron chi connectivity index (χ2n) is 3.42. The summed E-state index contributed by atoms with van der Waals surface area (Å²) in [5, 5.41) is 0. The minimum atomic E-state index is 0.613. The standard InChI is InChI=1S/C9H15N5/c1-2-14(7-3-4-7)9-6-11-5-8(12-9)13-10/h5-7H,2-4,10H2,1H3,(H,12,13). The summed E-state index contributed by atoms with van der Waals surface area (Å²) in [6, 6.07) is 0.655. The Labute approximate surface area is 83.3 Å². The number of nitrogens with zero attached hydrogens (tertiary/aromatic N) is 3. The van der Waals surface area contributed by atoms with Gasteiger partial charge in [-0.1, -0.05) is 0 Å². The normalized spacial score (nSPS) is 15.3. The molecular weight excluding hydrogens is 178 g/mol. The number of rotatable bonds is 4. The zero-order chi connectivity index (χ0) is 9.97. The van der Waals surface area contributed by atoms with E-state index in [-0.39, 0.29) is 0 Å². The summed E-state index contributed by atoms with van der Waals surface area (Å²) in [7, 11) is 0. The van der Waals surface area contributed by atoms with Crippen LogP contribution >= 0.6 is 0 Å². The van der Waals surface area contributed by atoms with Gasteiger partial charge in [-0.3, -0.25) is 4.98 Å². The molecule has 1 aliphatic carbocycles. The maximum absolute atomic E-state index is 5.28. The van der Waals surface area contributed by atoms with E-state index in [9.17, 15) is 0 Å². The molecule has 0 radical (unpaired) electrons. The van der Waals surface area contributed by atoms with Crippen LogP contribution in [0.3, 0.4) is 0 Å². The summed E-state index contributed by atoms with van der Waals surface area (Å²) in [5.74, 6) is 6.80. The smallest absolute Gasteiger partial charge is 0.160 e. The fraction of sp³-hybridized carbons (Fsp3) is 0.556. The van der Waals surface area contributed by atoms with Crippen molar-refractivity contribution in [2.45, 2.75) is 25.8 Å². The zero-order valence-electron chi connectivity index (χ0n) is 8.27. The lowest BCUT2D eigenvalue weighted by molar-refractivity contribution is 0.804. The average molecular weight is 193 g/mol. The third-order valence-electron chi connectivity index (χ3n) is 2.39. The third kappa shape index (κ3) is 1.77. The Morgan fingerprint density at radius 3 is 2.93 bits per heavy atom. The van der Waals surface area contributed by atoms with Gasteiger partial charge in [-0.25, -0.2) is 10.8 Å². The molecule has 1 aromatic heterocycles. The van der Waals surface area contributed by atoms with Crippen molar-refractivity contribution in [3.05, 3.63) is 12.4 Å². The predicted molar refractivity (Wildman–Crippen MR) is 55.9 cm³/mol. The van der Waals surface area contributed by atoms with Gasteiger partial charge >= 0.3 is 0 Å². The van der Waals surface area contributed by atoms with Crippen LogP contribution < -0.4 is 16.2 Å². The van der Waals surface area contributed by atoms with Crippen LogP contribution in [0, 0.1) is 0 Å². The van der Waals surface area contributed by atoms with Gasteiger partial charge in [-0.15, -0.1) is 0 Å². The van der Waals surface area contributed by atoms with Crippen LogP contribution in [0.5, 0.6) is 0 Å². The van der Waals surface area contributed by atoms with Crippen LogP contribution in [0.2, 0.25) is 0 Å². The highest BCUT2D eigenvalue weighted by atomic mass is 15.3. The molecule has 0 atom stereocenters. The highest BCUT2D eigenvalue weighted by molar-refractivity contribution is 5.44. The quantitative estimate of drug-likeness (QED) is 0.545. The summed E-state index contributed by atoms with van der Waals surface area (Å²) in [4.78, 5) is 10.7. The van der Waals surface area contributed by atoms with Crippen molar-refractivity contribution in [2.24, 2.45) is 5.84 Å². The van der Waals surface area contributed by atoms with E-state index in [2.05, 4.69) is 27.2 Å². The number of hydrazine groups is 1. The first-order valence-corrected chi connectivity index (χ1v) is 4.90. The van der Waals surface area contributed by atoms with E-state index < -0.39 is 0 Å². The van der Waals surface area contributed by atoms with Crippen molar-refractivity contribution >= 4 is 11.6 Å². The van der Waals surface area contributed by atoms with E-state index in [1.807, 2.05) is 0 Å². The number of nitrogen functional groups attached to an aromatic ring is 1. The summed E-state index contributed by atoms with van der Waals surface area (Å²) >= 11 is 0. The van der Waals surface area contributed by atoms with Crippen molar-refractivity contribution in [1.29, 1.82) is 0 Å². The molecule has 0 saturated heterocycles. The molecule has 3 N–H and O–H groups in total. The van der Waals surface area contributed by atoms with Crippen LogP contribution in [0.4, 0.5) is 11.6 Å². The average Bonchev–Trinajstić information content (AvgIpc) is 3.04. The highest BCUT2D eigenvalue weighted by Gasteiger charge is 2.28. The zero-order valence-corrected chi connectivity index (χ0v) is 8.27. The maximum atomic E-state index is 5.28. The number of anilines is 2. The Bertz CT molecular complexity index is 310. The molecule has 5 nitrogen and oxygen atoms in total. The van der Waals surface area contributed by atoms with E-state index in [0.717, 1.165) is 12.4 Å². The largest absolute Gasteiger partial charge is 0.353 e. The molecule has 1 saturated carbocycles. The molecule has 1 aliphatic rings. The third-order valence-corrected chi connectivity index (χ3v) is 2.39. The summed E-state index contributed by atoms with van der Waals surface area (Å²) in [6.45, 7) is 3.09. The van der Waals surface area contributed by atoms with Crippen molar-refractivity contribution in [2.75, 3.05) is 16.9 Å². The molecule has 0 amide bonds. The summed E-state index contributed by atoms with van der Waals surface area (Å²) in [6.07, 6.45) is 5.92. The Hall–Kier alpha value is -1.36. The fourth-order valence-corrected chi connectivity index (χ4v) is 1.56. The van der Waals surface area contributed by atoms with E-state index in [1.54, 1.807) is 12.4 Å². The minimum Gasteiger partial charge on any atom is -0.353 e. The van der Waals surface area contributed by atoms with Gasteiger partial charge in [-0.05, 0) is 19.8 Å².